The molecule has 1 saturated heterocycles. The Labute approximate surface area is 93.3 Å². The quantitative estimate of drug-likeness (QED) is 0.713. The number of hydrogen-bond acceptors (Lipinski definition) is 4. The lowest BCUT2D eigenvalue weighted by Crippen LogP contribution is -2.34. The molecule has 0 aromatic carbocycles. The lowest BCUT2D eigenvalue weighted by atomic mass is 9.92. The van der Waals surface area contributed by atoms with Crippen molar-refractivity contribution >= 4 is 23.3 Å². The smallest absolute Gasteiger partial charge is 0.241 e. The first kappa shape index (κ1) is 10.6. The number of carbonyl (C=O) groups excluding carboxylic acids is 2. The van der Waals surface area contributed by atoms with Gasteiger partial charge in [0.15, 0.2) is 5.82 Å². The van der Waals surface area contributed by atoms with Gasteiger partial charge in [0, 0.05) is 12.6 Å². The van der Waals surface area contributed by atoms with E-state index in [0.717, 1.165) is 4.90 Å². The van der Waals surface area contributed by atoms with E-state index in [1.54, 1.807) is 26.0 Å². The van der Waals surface area contributed by atoms with Crippen LogP contribution in [0.1, 0.15) is 20.3 Å². The van der Waals surface area contributed by atoms with Gasteiger partial charge < -0.3 is 5.73 Å². The molecule has 5 heteroatoms. The maximum atomic E-state index is 12.0. The topological polar surface area (TPSA) is 76.3 Å². The average Bonchev–Trinajstić information content (AvgIpc) is 2.39. The number of rotatable bonds is 1. The minimum absolute atomic E-state index is 0.196. The molecule has 0 atom stereocenters. The summed E-state index contributed by atoms with van der Waals surface area (Å²) in [5, 5.41) is 0. The van der Waals surface area contributed by atoms with Crippen molar-refractivity contribution in [2.75, 3.05) is 10.6 Å². The van der Waals surface area contributed by atoms with Gasteiger partial charge in [-0.25, -0.2) is 9.88 Å². The summed E-state index contributed by atoms with van der Waals surface area (Å²) < 4.78 is 0. The molecule has 0 saturated carbocycles. The molecule has 2 rings (SSSR count). The molecule has 1 aliphatic rings. The van der Waals surface area contributed by atoms with E-state index in [2.05, 4.69) is 4.98 Å². The molecule has 16 heavy (non-hydrogen) atoms. The Morgan fingerprint density at radius 3 is 2.62 bits per heavy atom. The molecule has 5 nitrogen and oxygen atoms in total. The van der Waals surface area contributed by atoms with E-state index in [1.165, 1.54) is 6.20 Å². The molecule has 0 unspecified atom stereocenters. The van der Waals surface area contributed by atoms with E-state index in [-0.39, 0.29) is 24.1 Å². The van der Waals surface area contributed by atoms with Crippen LogP contribution >= 0.6 is 0 Å². The van der Waals surface area contributed by atoms with E-state index in [4.69, 9.17) is 5.73 Å². The standard InChI is InChI=1S/C11H13N3O2/c1-11(2)6-8(15)14(10(11)16)9-7(12)4-3-5-13-9/h3-5H,6,12H2,1-2H3. The van der Waals surface area contributed by atoms with Gasteiger partial charge in [-0.05, 0) is 12.1 Å². The predicted molar refractivity (Wildman–Crippen MR) is 59.5 cm³/mol. The summed E-state index contributed by atoms with van der Waals surface area (Å²) in [6.07, 6.45) is 1.71. The van der Waals surface area contributed by atoms with Crippen LogP contribution in [0.2, 0.25) is 0 Å². The van der Waals surface area contributed by atoms with Gasteiger partial charge in [0.1, 0.15) is 0 Å². The molecule has 0 bridgehead atoms. The van der Waals surface area contributed by atoms with Crippen molar-refractivity contribution in [3.63, 3.8) is 0 Å². The number of nitrogens with zero attached hydrogens (tertiary/aromatic N) is 2. The van der Waals surface area contributed by atoms with E-state index in [9.17, 15) is 9.59 Å². The minimum atomic E-state index is -0.666. The van der Waals surface area contributed by atoms with Crippen molar-refractivity contribution in [3.8, 4) is 0 Å². The summed E-state index contributed by atoms with van der Waals surface area (Å²) >= 11 is 0. The largest absolute Gasteiger partial charge is 0.396 e. The first-order valence-corrected chi connectivity index (χ1v) is 5.01. The second-order valence-corrected chi connectivity index (χ2v) is 4.51. The Morgan fingerprint density at radius 2 is 2.12 bits per heavy atom. The number of nitrogen functional groups attached to an aromatic ring is 1. The number of anilines is 2. The normalized spacial score (nSPS) is 19.2. The van der Waals surface area contributed by atoms with Crippen molar-refractivity contribution < 1.29 is 9.59 Å². The molecule has 0 radical (unpaired) electrons. The van der Waals surface area contributed by atoms with Crippen molar-refractivity contribution in [1.29, 1.82) is 0 Å². The SMILES string of the molecule is CC1(C)CC(=O)N(c2ncccc2N)C1=O. The molecule has 1 aromatic heterocycles. The molecule has 2 amide bonds. The Morgan fingerprint density at radius 1 is 1.44 bits per heavy atom. The molecule has 2 heterocycles. The summed E-state index contributed by atoms with van der Waals surface area (Å²) in [5.74, 6) is -0.258. The van der Waals surface area contributed by atoms with Crippen molar-refractivity contribution in [2.24, 2.45) is 5.41 Å². The summed E-state index contributed by atoms with van der Waals surface area (Å²) in [5.41, 5.74) is 5.37. The van der Waals surface area contributed by atoms with Crippen LogP contribution in [-0.2, 0) is 9.59 Å². The van der Waals surface area contributed by atoms with E-state index >= 15 is 0 Å². The van der Waals surface area contributed by atoms with Gasteiger partial charge in [0.05, 0.1) is 11.1 Å². The lowest BCUT2D eigenvalue weighted by molar-refractivity contribution is -0.124. The van der Waals surface area contributed by atoms with Crippen LogP contribution in [-0.4, -0.2) is 16.8 Å². The van der Waals surface area contributed by atoms with Crippen LogP contribution < -0.4 is 10.6 Å². The Balaban J connectivity index is 2.47. The Hall–Kier alpha value is -1.91. The molecule has 84 valence electrons. The first-order valence-electron chi connectivity index (χ1n) is 5.01. The maximum absolute atomic E-state index is 12.0. The van der Waals surface area contributed by atoms with Crippen LogP contribution in [0.25, 0.3) is 0 Å². The third-order valence-electron chi connectivity index (χ3n) is 2.65. The zero-order valence-electron chi connectivity index (χ0n) is 9.23. The van der Waals surface area contributed by atoms with Crippen LogP contribution in [0.5, 0.6) is 0 Å². The fourth-order valence-corrected chi connectivity index (χ4v) is 1.76. The molecule has 0 spiro atoms. The zero-order chi connectivity index (χ0) is 11.9. The summed E-state index contributed by atoms with van der Waals surface area (Å²) in [6.45, 7) is 3.48. The molecule has 1 aliphatic heterocycles. The third-order valence-corrected chi connectivity index (χ3v) is 2.65. The third kappa shape index (κ3) is 1.44. The van der Waals surface area contributed by atoms with Crippen LogP contribution in [0, 0.1) is 5.41 Å². The molecule has 0 aliphatic carbocycles. The highest BCUT2D eigenvalue weighted by molar-refractivity contribution is 6.22. The lowest BCUT2D eigenvalue weighted by Gasteiger charge is -2.17. The molecule has 1 aromatic rings. The second kappa shape index (κ2) is 3.30. The molecule has 1 fully saturated rings. The van der Waals surface area contributed by atoms with Crippen molar-refractivity contribution in [1.82, 2.24) is 4.98 Å². The fourth-order valence-electron chi connectivity index (χ4n) is 1.76. The highest BCUT2D eigenvalue weighted by Crippen LogP contribution is 2.35. The first-order chi connectivity index (χ1) is 7.43. The maximum Gasteiger partial charge on any atom is 0.241 e. The molecular formula is C11H13N3O2. The summed E-state index contributed by atoms with van der Waals surface area (Å²) in [7, 11) is 0. The van der Waals surface area contributed by atoms with E-state index in [1.807, 2.05) is 0 Å². The Kier molecular flexibility index (Phi) is 2.18. The highest BCUT2D eigenvalue weighted by atomic mass is 16.2. The average molecular weight is 219 g/mol. The van der Waals surface area contributed by atoms with Crippen LogP contribution in [0.4, 0.5) is 11.5 Å². The van der Waals surface area contributed by atoms with Gasteiger partial charge in [-0.15, -0.1) is 0 Å². The fraction of sp³-hybridized carbons (Fsp3) is 0.364. The van der Waals surface area contributed by atoms with E-state index < -0.39 is 5.41 Å². The predicted octanol–water partition coefficient (Wildman–Crippen LogP) is 0.953. The van der Waals surface area contributed by atoms with Gasteiger partial charge in [-0.3, -0.25) is 9.59 Å². The monoisotopic (exact) mass is 219 g/mol. The summed E-state index contributed by atoms with van der Waals surface area (Å²) in [6, 6.07) is 3.28. The zero-order valence-corrected chi connectivity index (χ0v) is 9.23. The number of carbonyl (C=O) groups is 2. The van der Waals surface area contributed by atoms with Gasteiger partial charge in [-0.1, -0.05) is 13.8 Å². The number of aromatic nitrogens is 1. The molecular weight excluding hydrogens is 206 g/mol. The van der Waals surface area contributed by atoms with Gasteiger partial charge >= 0.3 is 0 Å². The van der Waals surface area contributed by atoms with Crippen molar-refractivity contribution in [2.45, 2.75) is 20.3 Å². The Bertz CT molecular complexity index is 468. The van der Waals surface area contributed by atoms with E-state index in [0.29, 0.717) is 5.69 Å². The molecule has 2 N–H and O–H groups in total. The van der Waals surface area contributed by atoms with Gasteiger partial charge in [0.25, 0.3) is 0 Å². The van der Waals surface area contributed by atoms with Crippen molar-refractivity contribution in [3.05, 3.63) is 18.3 Å². The second-order valence-electron chi connectivity index (χ2n) is 4.51. The van der Waals surface area contributed by atoms with Crippen LogP contribution in [0.3, 0.4) is 0 Å². The highest BCUT2D eigenvalue weighted by Gasteiger charge is 2.46. The van der Waals surface area contributed by atoms with Gasteiger partial charge in [-0.2, -0.15) is 0 Å². The number of pyridine rings is 1. The number of hydrogen-bond donors (Lipinski definition) is 1. The number of nitrogens with two attached hydrogens (primary N) is 1. The van der Waals surface area contributed by atoms with Gasteiger partial charge in [0.2, 0.25) is 11.8 Å². The minimum Gasteiger partial charge on any atom is -0.396 e. The number of imide groups is 1. The summed E-state index contributed by atoms with van der Waals surface area (Å²) in [4.78, 5) is 28.8. The number of amides is 2. The van der Waals surface area contributed by atoms with Crippen LogP contribution in [0.15, 0.2) is 18.3 Å².